The Morgan fingerprint density at radius 1 is 1.25 bits per heavy atom. The van der Waals surface area contributed by atoms with E-state index in [9.17, 15) is 9.59 Å². The molecule has 1 amide bonds. The molecule has 2 aliphatic heterocycles. The van der Waals surface area contributed by atoms with Crippen molar-refractivity contribution < 1.29 is 19.0 Å². The van der Waals surface area contributed by atoms with Crippen molar-refractivity contribution in [2.75, 3.05) is 33.5 Å². The SMILES string of the molecule is COc1c[nH]c(C(=O)N[C@H]2CCOC[C@H]2C2CCOCC2)cc1=O. The fraction of sp³-hybridized carbons (Fsp3) is 0.647. The molecule has 0 unspecified atom stereocenters. The van der Waals surface area contributed by atoms with Crippen LogP contribution >= 0.6 is 0 Å². The summed E-state index contributed by atoms with van der Waals surface area (Å²) < 4.78 is 16.0. The molecule has 7 heteroatoms. The number of aromatic amines is 1. The van der Waals surface area contributed by atoms with E-state index in [0.29, 0.717) is 19.1 Å². The number of carbonyl (C=O) groups excluding carboxylic acids is 1. The number of hydrogen-bond donors (Lipinski definition) is 2. The Hall–Kier alpha value is -1.86. The summed E-state index contributed by atoms with van der Waals surface area (Å²) in [4.78, 5) is 27.2. The Morgan fingerprint density at radius 2 is 2.00 bits per heavy atom. The largest absolute Gasteiger partial charge is 0.491 e. The monoisotopic (exact) mass is 336 g/mol. The summed E-state index contributed by atoms with van der Waals surface area (Å²) in [5, 5.41) is 3.08. The van der Waals surface area contributed by atoms with E-state index in [4.69, 9.17) is 14.2 Å². The van der Waals surface area contributed by atoms with Crippen molar-refractivity contribution in [3.8, 4) is 5.75 Å². The summed E-state index contributed by atoms with van der Waals surface area (Å²) in [6, 6.07) is 1.33. The molecule has 7 nitrogen and oxygen atoms in total. The van der Waals surface area contributed by atoms with Gasteiger partial charge in [0.25, 0.3) is 5.91 Å². The minimum absolute atomic E-state index is 0.0555. The maximum Gasteiger partial charge on any atom is 0.268 e. The lowest BCUT2D eigenvalue weighted by atomic mass is 9.79. The van der Waals surface area contributed by atoms with E-state index in [1.165, 1.54) is 19.4 Å². The van der Waals surface area contributed by atoms with Gasteiger partial charge in [0.2, 0.25) is 5.43 Å². The third-order valence-electron chi connectivity index (χ3n) is 4.93. The maximum atomic E-state index is 12.5. The summed E-state index contributed by atoms with van der Waals surface area (Å²) in [5.74, 6) is 0.715. The van der Waals surface area contributed by atoms with Crippen LogP contribution in [0, 0.1) is 11.8 Å². The van der Waals surface area contributed by atoms with E-state index in [1.54, 1.807) is 0 Å². The van der Waals surface area contributed by atoms with Crippen LogP contribution in [0.2, 0.25) is 0 Å². The molecule has 0 aliphatic carbocycles. The van der Waals surface area contributed by atoms with Crippen LogP contribution in [0.3, 0.4) is 0 Å². The fourth-order valence-electron chi connectivity index (χ4n) is 3.54. The second kappa shape index (κ2) is 7.81. The van der Waals surface area contributed by atoms with Crippen molar-refractivity contribution in [3.05, 3.63) is 28.2 Å². The van der Waals surface area contributed by atoms with Gasteiger partial charge < -0.3 is 24.5 Å². The molecule has 0 radical (unpaired) electrons. The number of carbonyl (C=O) groups is 1. The number of pyridine rings is 1. The highest BCUT2D eigenvalue weighted by Crippen LogP contribution is 2.30. The highest BCUT2D eigenvalue weighted by atomic mass is 16.5. The van der Waals surface area contributed by atoms with Gasteiger partial charge in [-0.3, -0.25) is 9.59 Å². The zero-order valence-corrected chi connectivity index (χ0v) is 13.9. The van der Waals surface area contributed by atoms with Gasteiger partial charge in [0.1, 0.15) is 5.69 Å². The molecule has 3 heterocycles. The zero-order valence-electron chi connectivity index (χ0n) is 13.9. The van der Waals surface area contributed by atoms with Crippen LogP contribution in [-0.2, 0) is 9.47 Å². The van der Waals surface area contributed by atoms with Crippen LogP contribution in [0.15, 0.2) is 17.1 Å². The Bertz CT molecular complexity index is 624. The molecule has 0 spiro atoms. The van der Waals surface area contributed by atoms with Crippen LogP contribution in [0.25, 0.3) is 0 Å². The zero-order chi connectivity index (χ0) is 16.9. The molecule has 2 saturated heterocycles. The molecule has 2 atom stereocenters. The van der Waals surface area contributed by atoms with Gasteiger partial charge in [-0.15, -0.1) is 0 Å². The summed E-state index contributed by atoms with van der Waals surface area (Å²) in [6.07, 6.45) is 4.20. The second-order valence-electron chi connectivity index (χ2n) is 6.34. The molecule has 2 N–H and O–H groups in total. The molecule has 1 aromatic heterocycles. The van der Waals surface area contributed by atoms with Crippen LogP contribution in [0.5, 0.6) is 5.75 Å². The highest BCUT2D eigenvalue weighted by Gasteiger charge is 2.34. The smallest absolute Gasteiger partial charge is 0.268 e. The van der Waals surface area contributed by atoms with E-state index in [-0.39, 0.29) is 34.7 Å². The third kappa shape index (κ3) is 3.79. The summed E-state index contributed by atoms with van der Waals surface area (Å²) in [5.41, 5.74) is -0.0626. The van der Waals surface area contributed by atoms with Crippen molar-refractivity contribution in [1.29, 1.82) is 0 Å². The van der Waals surface area contributed by atoms with Gasteiger partial charge in [0.15, 0.2) is 5.75 Å². The van der Waals surface area contributed by atoms with Gasteiger partial charge in [-0.1, -0.05) is 0 Å². The molecule has 2 aliphatic rings. The van der Waals surface area contributed by atoms with Crippen LogP contribution < -0.4 is 15.5 Å². The minimum atomic E-state index is -0.311. The number of ether oxygens (including phenoxy) is 3. The number of H-pyrrole nitrogens is 1. The van der Waals surface area contributed by atoms with Gasteiger partial charge in [-0.2, -0.15) is 0 Å². The Kier molecular flexibility index (Phi) is 5.52. The van der Waals surface area contributed by atoms with Gasteiger partial charge in [-0.05, 0) is 25.2 Å². The predicted octanol–water partition coefficient (Wildman–Crippen LogP) is 0.945. The summed E-state index contributed by atoms with van der Waals surface area (Å²) in [6.45, 7) is 2.85. The summed E-state index contributed by atoms with van der Waals surface area (Å²) in [7, 11) is 1.42. The first-order chi connectivity index (χ1) is 11.7. The first-order valence-electron chi connectivity index (χ1n) is 8.42. The van der Waals surface area contributed by atoms with Gasteiger partial charge in [0.05, 0.1) is 13.7 Å². The third-order valence-corrected chi connectivity index (χ3v) is 4.93. The lowest BCUT2D eigenvalue weighted by molar-refractivity contribution is -0.0259. The fourth-order valence-corrected chi connectivity index (χ4v) is 3.54. The first-order valence-corrected chi connectivity index (χ1v) is 8.42. The lowest BCUT2D eigenvalue weighted by Crippen LogP contribution is -2.49. The number of aromatic nitrogens is 1. The average molecular weight is 336 g/mol. The minimum Gasteiger partial charge on any atom is -0.491 e. The normalized spacial score (nSPS) is 25.2. The molecular formula is C17H24N2O5. The van der Waals surface area contributed by atoms with E-state index >= 15 is 0 Å². The maximum absolute atomic E-state index is 12.5. The summed E-state index contributed by atoms with van der Waals surface area (Å²) >= 11 is 0. The van der Waals surface area contributed by atoms with Crippen molar-refractivity contribution >= 4 is 5.91 Å². The number of hydrogen-bond acceptors (Lipinski definition) is 5. The highest BCUT2D eigenvalue weighted by molar-refractivity contribution is 5.92. The number of nitrogens with one attached hydrogen (secondary N) is 2. The molecule has 0 bridgehead atoms. The van der Waals surface area contributed by atoms with Crippen molar-refractivity contribution in [2.45, 2.75) is 25.3 Å². The van der Waals surface area contributed by atoms with Gasteiger partial charge in [0, 0.05) is 44.0 Å². The van der Waals surface area contributed by atoms with E-state index in [2.05, 4.69) is 10.3 Å². The molecule has 0 aromatic carbocycles. The molecule has 2 fully saturated rings. The van der Waals surface area contributed by atoms with Gasteiger partial charge >= 0.3 is 0 Å². The predicted molar refractivity (Wildman–Crippen MR) is 87.3 cm³/mol. The quantitative estimate of drug-likeness (QED) is 0.854. The Balaban J connectivity index is 1.69. The van der Waals surface area contributed by atoms with Crippen LogP contribution in [0.4, 0.5) is 0 Å². The average Bonchev–Trinajstić information content (AvgIpc) is 2.63. The Labute approximate surface area is 140 Å². The molecule has 1 aromatic rings. The van der Waals surface area contributed by atoms with Crippen molar-refractivity contribution in [2.24, 2.45) is 11.8 Å². The van der Waals surface area contributed by atoms with E-state index in [0.717, 1.165) is 32.5 Å². The number of rotatable bonds is 4. The van der Waals surface area contributed by atoms with Crippen LogP contribution in [0.1, 0.15) is 29.8 Å². The standard InChI is InChI=1S/C17H24N2O5/c1-22-16-9-18-14(8-15(16)20)17(21)19-13-4-7-24-10-12(13)11-2-5-23-6-3-11/h8-9,11-13H,2-7,10H2,1H3,(H,18,20)(H,19,21)/t12-,13-/m0/s1. The Morgan fingerprint density at radius 3 is 2.71 bits per heavy atom. The van der Waals surface area contributed by atoms with Gasteiger partial charge in [-0.25, -0.2) is 0 Å². The van der Waals surface area contributed by atoms with Crippen molar-refractivity contribution in [1.82, 2.24) is 10.3 Å². The molecule has 132 valence electrons. The molecule has 3 rings (SSSR count). The molecule has 24 heavy (non-hydrogen) atoms. The van der Waals surface area contributed by atoms with E-state index < -0.39 is 0 Å². The van der Waals surface area contributed by atoms with Crippen molar-refractivity contribution in [3.63, 3.8) is 0 Å². The lowest BCUT2D eigenvalue weighted by Gasteiger charge is -2.39. The second-order valence-corrected chi connectivity index (χ2v) is 6.34. The number of amides is 1. The van der Waals surface area contributed by atoms with E-state index in [1.807, 2.05) is 0 Å². The van der Waals surface area contributed by atoms with Crippen LogP contribution in [-0.4, -0.2) is 50.5 Å². The number of methoxy groups -OCH3 is 1. The molecule has 0 saturated carbocycles. The topological polar surface area (TPSA) is 89.7 Å². The first kappa shape index (κ1) is 17.0. The molecular weight excluding hydrogens is 312 g/mol.